The molecule has 142 valence electrons. The van der Waals surface area contributed by atoms with Crippen LogP contribution >= 0.6 is 11.8 Å². The van der Waals surface area contributed by atoms with Gasteiger partial charge in [0.2, 0.25) is 11.8 Å². The molecule has 1 N–H and O–H groups in total. The summed E-state index contributed by atoms with van der Waals surface area (Å²) in [5.74, 6) is 0.401. The van der Waals surface area contributed by atoms with Crippen molar-refractivity contribution in [3.8, 4) is 0 Å². The molecule has 1 aliphatic heterocycles. The Morgan fingerprint density at radius 1 is 1.07 bits per heavy atom. The lowest BCUT2D eigenvalue weighted by molar-refractivity contribution is -0.124. The molecule has 1 atom stereocenters. The minimum atomic E-state index is -0.220. The van der Waals surface area contributed by atoms with Gasteiger partial charge in [-0.15, -0.1) is 11.8 Å². The molecule has 2 heterocycles. The summed E-state index contributed by atoms with van der Waals surface area (Å²) in [6.07, 6.45) is 1.91. The van der Waals surface area contributed by atoms with Gasteiger partial charge < -0.3 is 14.6 Å². The molecule has 4 rings (SSSR count). The molecule has 1 aliphatic rings. The van der Waals surface area contributed by atoms with E-state index in [4.69, 9.17) is 4.42 Å². The summed E-state index contributed by atoms with van der Waals surface area (Å²) in [5.41, 5.74) is 1.89. The Morgan fingerprint density at radius 2 is 1.86 bits per heavy atom. The molecule has 0 aliphatic carbocycles. The van der Waals surface area contributed by atoms with Crippen LogP contribution in [0.1, 0.15) is 23.0 Å². The Labute approximate surface area is 167 Å². The summed E-state index contributed by atoms with van der Waals surface area (Å²) in [6, 6.07) is 21.3. The maximum absolute atomic E-state index is 13.0. The first kappa shape index (κ1) is 18.4. The van der Waals surface area contributed by atoms with Crippen molar-refractivity contribution in [2.75, 3.05) is 11.4 Å². The van der Waals surface area contributed by atoms with E-state index < -0.39 is 0 Å². The van der Waals surface area contributed by atoms with Crippen LogP contribution in [0.2, 0.25) is 0 Å². The van der Waals surface area contributed by atoms with E-state index in [-0.39, 0.29) is 23.6 Å². The summed E-state index contributed by atoms with van der Waals surface area (Å²) in [4.78, 5) is 28.1. The van der Waals surface area contributed by atoms with E-state index in [0.29, 0.717) is 18.7 Å². The highest BCUT2D eigenvalue weighted by Gasteiger charge is 2.30. The zero-order chi connectivity index (χ0) is 19.3. The predicted octanol–water partition coefficient (Wildman–Crippen LogP) is 4.17. The second-order valence-electron chi connectivity index (χ2n) is 6.53. The zero-order valence-electron chi connectivity index (χ0n) is 15.2. The van der Waals surface area contributed by atoms with Crippen LogP contribution in [-0.4, -0.2) is 18.4 Å². The molecule has 5 nitrogen and oxygen atoms in total. The maximum Gasteiger partial charge on any atom is 0.240 e. The van der Waals surface area contributed by atoms with E-state index in [9.17, 15) is 9.59 Å². The molecule has 0 saturated heterocycles. The molecule has 0 radical (unpaired) electrons. The quantitative estimate of drug-likeness (QED) is 0.708. The molecule has 1 unspecified atom stereocenters. The van der Waals surface area contributed by atoms with Crippen molar-refractivity contribution in [2.24, 2.45) is 0 Å². The Bertz CT molecular complexity index is 957. The molecule has 3 aromatic rings. The van der Waals surface area contributed by atoms with Gasteiger partial charge in [0, 0.05) is 16.6 Å². The number of fused-ring (bicyclic) bond motifs is 1. The van der Waals surface area contributed by atoms with E-state index in [1.165, 1.54) is 0 Å². The van der Waals surface area contributed by atoms with Gasteiger partial charge >= 0.3 is 0 Å². The fraction of sp³-hybridized carbons (Fsp3) is 0.182. The van der Waals surface area contributed by atoms with E-state index in [1.54, 1.807) is 35.1 Å². The molecular formula is C22H20N2O3S. The molecule has 2 amide bonds. The smallest absolute Gasteiger partial charge is 0.240 e. The molecule has 2 aromatic carbocycles. The normalized spacial score (nSPS) is 16.4. The fourth-order valence-electron chi connectivity index (χ4n) is 3.20. The number of thioether (sulfide) groups is 1. The highest BCUT2D eigenvalue weighted by molar-refractivity contribution is 7.99. The van der Waals surface area contributed by atoms with Crippen LogP contribution in [0, 0.1) is 0 Å². The van der Waals surface area contributed by atoms with Crippen LogP contribution in [0.15, 0.2) is 82.3 Å². The van der Waals surface area contributed by atoms with Crippen LogP contribution in [-0.2, 0) is 16.1 Å². The predicted molar refractivity (Wildman–Crippen MR) is 109 cm³/mol. The Balaban J connectivity index is 1.54. The molecule has 0 fully saturated rings. The van der Waals surface area contributed by atoms with E-state index in [0.717, 1.165) is 16.1 Å². The molecule has 28 heavy (non-hydrogen) atoms. The van der Waals surface area contributed by atoms with Gasteiger partial charge in [0.1, 0.15) is 12.3 Å². The van der Waals surface area contributed by atoms with Gasteiger partial charge in [0.15, 0.2) is 0 Å². The van der Waals surface area contributed by atoms with Crippen LogP contribution in [0.5, 0.6) is 0 Å². The standard InChI is InChI=1S/C22H20N2O3S/c25-21(23-14-17-9-6-12-27-17)15-24-18-10-4-5-11-19(18)28-20(13-22(24)26)16-7-2-1-3-8-16/h1-12,20H,13-15H2,(H,23,25). The number of hydrogen-bond acceptors (Lipinski definition) is 4. The highest BCUT2D eigenvalue weighted by atomic mass is 32.2. The van der Waals surface area contributed by atoms with Crippen molar-refractivity contribution in [1.82, 2.24) is 5.32 Å². The number of rotatable bonds is 5. The third kappa shape index (κ3) is 4.12. The molecule has 6 heteroatoms. The highest BCUT2D eigenvalue weighted by Crippen LogP contribution is 2.45. The summed E-state index contributed by atoms with van der Waals surface area (Å²) in [5, 5.41) is 2.83. The van der Waals surface area contributed by atoms with E-state index in [1.807, 2.05) is 54.6 Å². The average molecular weight is 392 g/mol. The number of nitrogens with one attached hydrogen (secondary N) is 1. The van der Waals surface area contributed by atoms with Gasteiger partial charge in [0.05, 0.1) is 18.5 Å². The second-order valence-corrected chi connectivity index (χ2v) is 7.77. The fourth-order valence-corrected chi connectivity index (χ4v) is 4.48. The van der Waals surface area contributed by atoms with Crippen LogP contribution in [0.25, 0.3) is 0 Å². The molecule has 0 bridgehead atoms. The number of amides is 2. The minimum Gasteiger partial charge on any atom is -0.467 e. The zero-order valence-corrected chi connectivity index (χ0v) is 16.0. The van der Waals surface area contributed by atoms with Gasteiger partial charge in [-0.05, 0) is 29.8 Å². The number of carbonyl (C=O) groups is 2. The van der Waals surface area contributed by atoms with Crippen molar-refractivity contribution in [1.29, 1.82) is 0 Å². The number of furan rings is 1. The summed E-state index contributed by atoms with van der Waals surface area (Å²) in [7, 11) is 0. The monoisotopic (exact) mass is 392 g/mol. The van der Waals surface area contributed by atoms with Crippen molar-refractivity contribution in [3.63, 3.8) is 0 Å². The van der Waals surface area contributed by atoms with Gasteiger partial charge in [0.25, 0.3) is 0 Å². The van der Waals surface area contributed by atoms with Gasteiger partial charge in [-0.3, -0.25) is 9.59 Å². The Hall–Kier alpha value is -2.99. The molecule has 0 saturated carbocycles. The topological polar surface area (TPSA) is 62.6 Å². The lowest BCUT2D eigenvalue weighted by atomic mass is 10.1. The van der Waals surface area contributed by atoms with Crippen molar-refractivity contribution in [2.45, 2.75) is 23.1 Å². The summed E-state index contributed by atoms with van der Waals surface area (Å²) >= 11 is 1.67. The van der Waals surface area contributed by atoms with Crippen LogP contribution in [0.3, 0.4) is 0 Å². The number of carbonyl (C=O) groups excluding carboxylic acids is 2. The number of para-hydroxylation sites is 1. The number of benzene rings is 2. The third-order valence-corrected chi connectivity index (χ3v) is 5.92. The number of hydrogen-bond donors (Lipinski definition) is 1. The van der Waals surface area contributed by atoms with Crippen molar-refractivity contribution < 1.29 is 14.0 Å². The first-order valence-electron chi connectivity index (χ1n) is 9.11. The van der Waals surface area contributed by atoms with E-state index >= 15 is 0 Å². The first-order chi connectivity index (χ1) is 13.7. The minimum absolute atomic E-state index is 0.0153. The van der Waals surface area contributed by atoms with E-state index in [2.05, 4.69) is 5.32 Å². The largest absolute Gasteiger partial charge is 0.467 e. The molecular weight excluding hydrogens is 372 g/mol. The number of nitrogens with zero attached hydrogens (tertiary/aromatic N) is 1. The Kier molecular flexibility index (Phi) is 5.48. The first-order valence-corrected chi connectivity index (χ1v) is 9.99. The molecule has 0 spiro atoms. The Morgan fingerprint density at radius 3 is 2.64 bits per heavy atom. The van der Waals surface area contributed by atoms with Gasteiger partial charge in [-0.1, -0.05) is 42.5 Å². The SMILES string of the molecule is O=C(CN1C(=O)CC(c2ccccc2)Sc2ccccc21)NCc1ccco1. The van der Waals surface area contributed by atoms with Crippen molar-refractivity contribution >= 4 is 29.3 Å². The van der Waals surface area contributed by atoms with Crippen molar-refractivity contribution in [3.05, 3.63) is 84.3 Å². The van der Waals surface area contributed by atoms with Gasteiger partial charge in [-0.25, -0.2) is 0 Å². The second kappa shape index (κ2) is 8.35. The average Bonchev–Trinajstić information content (AvgIpc) is 3.20. The lowest BCUT2D eigenvalue weighted by Gasteiger charge is -2.22. The molecule has 1 aromatic heterocycles. The number of anilines is 1. The van der Waals surface area contributed by atoms with Crippen LogP contribution < -0.4 is 10.2 Å². The summed E-state index contributed by atoms with van der Waals surface area (Å²) < 4.78 is 5.24. The van der Waals surface area contributed by atoms with Crippen LogP contribution in [0.4, 0.5) is 5.69 Å². The third-order valence-electron chi connectivity index (χ3n) is 4.60. The summed E-state index contributed by atoms with van der Waals surface area (Å²) in [6.45, 7) is 0.287. The van der Waals surface area contributed by atoms with Gasteiger partial charge in [-0.2, -0.15) is 0 Å². The maximum atomic E-state index is 13.0. The lowest BCUT2D eigenvalue weighted by Crippen LogP contribution is -2.40.